The number of hydrogen-bond donors (Lipinski definition) is 2. The number of aryl methyl sites for hydroxylation is 2. The molecule has 0 radical (unpaired) electrons. The molecule has 1 aromatic carbocycles. The highest BCUT2D eigenvalue weighted by molar-refractivity contribution is 7.89. The van der Waals surface area contributed by atoms with Crippen molar-refractivity contribution in [3.05, 3.63) is 23.3 Å². The molecular weight excluding hydrogens is 288 g/mol. The van der Waals surface area contributed by atoms with Crippen molar-refractivity contribution < 1.29 is 13.2 Å². The normalized spacial score (nSPS) is 13.2. The third kappa shape index (κ3) is 4.98. The summed E-state index contributed by atoms with van der Waals surface area (Å²) in [5.74, 6) is 0. The van der Waals surface area contributed by atoms with Gasteiger partial charge >= 0.3 is 0 Å². The summed E-state index contributed by atoms with van der Waals surface area (Å²) in [5, 5.41) is 3.28. The molecule has 0 aliphatic heterocycles. The number of nitrogens with one attached hydrogen (secondary N) is 2. The average Bonchev–Trinajstić information content (AvgIpc) is 2.41. The number of methoxy groups -OCH3 is 1. The third-order valence-electron chi connectivity index (χ3n) is 3.27. The van der Waals surface area contributed by atoms with Gasteiger partial charge in [-0.2, -0.15) is 0 Å². The molecule has 0 heterocycles. The lowest BCUT2D eigenvalue weighted by molar-refractivity contribution is 0.122. The van der Waals surface area contributed by atoms with Crippen LogP contribution in [0.1, 0.15) is 31.4 Å². The number of sulfonamides is 1. The van der Waals surface area contributed by atoms with Crippen LogP contribution in [0.4, 0.5) is 5.69 Å². The monoisotopic (exact) mass is 314 g/mol. The van der Waals surface area contributed by atoms with E-state index in [0.29, 0.717) is 4.90 Å². The standard InChI is InChI=1S/C15H26N2O3S/c1-6-7-16-14-8-11(2)15(12(3)9-14)21(18,19)17-10-13(4)20-5/h8-9,13,16-17H,6-7,10H2,1-5H3. The number of ether oxygens (including phenoxy) is 1. The summed E-state index contributed by atoms with van der Waals surface area (Å²) >= 11 is 0. The highest BCUT2D eigenvalue weighted by Gasteiger charge is 2.20. The first-order valence-electron chi connectivity index (χ1n) is 7.19. The topological polar surface area (TPSA) is 67.4 Å². The maximum atomic E-state index is 12.4. The molecule has 5 nitrogen and oxygen atoms in total. The Bertz CT molecular complexity index is 547. The first-order valence-corrected chi connectivity index (χ1v) is 8.67. The lowest BCUT2D eigenvalue weighted by Crippen LogP contribution is -2.32. The molecule has 0 aliphatic carbocycles. The fourth-order valence-corrected chi connectivity index (χ4v) is 3.69. The number of benzene rings is 1. The van der Waals surface area contributed by atoms with Crippen LogP contribution in [0.5, 0.6) is 0 Å². The molecule has 0 spiro atoms. The predicted molar refractivity (Wildman–Crippen MR) is 86.4 cm³/mol. The van der Waals surface area contributed by atoms with Crippen molar-refractivity contribution in [2.24, 2.45) is 0 Å². The zero-order valence-electron chi connectivity index (χ0n) is 13.5. The second-order valence-electron chi connectivity index (χ2n) is 5.26. The van der Waals surface area contributed by atoms with Crippen LogP contribution in [-0.2, 0) is 14.8 Å². The maximum Gasteiger partial charge on any atom is 0.241 e. The van der Waals surface area contributed by atoms with Gasteiger partial charge in [-0.25, -0.2) is 13.1 Å². The largest absolute Gasteiger partial charge is 0.385 e. The third-order valence-corrected chi connectivity index (χ3v) is 5.00. The fraction of sp³-hybridized carbons (Fsp3) is 0.600. The SMILES string of the molecule is CCCNc1cc(C)c(S(=O)(=O)NCC(C)OC)c(C)c1. The van der Waals surface area contributed by atoms with Crippen molar-refractivity contribution in [3.63, 3.8) is 0 Å². The predicted octanol–water partition coefficient (Wildman–Crippen LogP) is 2.44. The van der Waals surface area contributed by atoms with Crippen molar-refractivity contribution in [3.8, 4) is 0 Å². The first-order chi connectivity index (χ1) is 9.81. The minimum Gasteiger partial charge on any atom is -0.385 e. The quantitative estimate of drug-likeness (QED) is 0.773. The van der Waals surface area contributed by atoms with E-state index in [2.05, 4.69) is 17.0 Å². The molecule has 0 fully saturated rings. The summed E-state index contributed by atoms with van der Waals surface area (Å²) in [7, 11) is -1.96. The summed E-state index contributed by atoms with van der Waals surface area (Å²) in [6.45, 7) is 8.67. The Balaban J connectivity index is 3.01. The van der Waals surface area contributed by atoms with Crippen LogP contribution < -0.4 is 10.0 Å². The van der Waals surface area contributed by atoms with Gasteiger partial charge in [-0.1, -0.05) is 6.92 Å². The molecule has 6 heteroatoms. The minimum absolute atomic E-state index is 0.161. The Hall–Kier alpha value is -1.11. The summed E-state index contributed by atoms with van der Waals surface area (Å²) in [6, 6.07) is 3.74. The molecule has 0 aromatic heterocycles. The maximum absolute atomic E-state index is 12.4. The average molecular weight is 314 g/mol. The summed E-state index contributed by atoms with van der Waals surface area (Å²) in [6.07, 6.45) is 0.861. The van der Waals surface area contributed by atoms with E-state index in [9.17, 15) is 8.42 Å². The van der Waals surface area contributed by atoms with Crippen LogP contribution in [0.3, 0.4) is 0 Å². The van der Waals surface area contributed by atoms with E-state index in [1.54, 1.807) is 7.11 Å². The molecule has 0 saturated carbocycles. The van der Waals surface area contributed by atoms with Crippen molar-refractivity contribution >= 4 is 15.7 Å². The van der Waals surface area contributed by atoms with Gasteiger partial charge < -0.3 is 10.1 Å². The van der Waals surface area contributed by atoms with E-state index >= 15 is 0 Å². The van der Waals surface area contributed by atoms with Crippen LogP contribution in [0.25, 0.3) is 0 Å². The van der Waals surface area contributed by atoms with E-state index in [0.717, 1.165) is 29.8 Å². The van der Waals surface area contributed by atoms with Crippen molar-refractivity contribution in [1.29, 1.82) is 0 Å². The van der Waals surface area contributed by atoms with Gasteiger partial charge in [0, 0.05) is 25.9 Å². The molecule has 0 bridgehead atoms. The Morgan fingerprint density at radius 2 is 1.81 bits per heavy atom. The minimum atomic E-state index is -3.52. The smallest absolute Gasteiger partial charge is 0.241 e. The van der Waals surface area contributed by atoms with Crippen LogP contribution in [-0.4, -0.2) is 34.7 Å². The molecule has 120 valence electrons. The molecule has 0 amide bonds. The molecule has 1 atom stereocenters. The molecule has 0 aliphatic rings. The second kappa shape index (κ2) is 7.77. The van der Waals surface area contributed by atoms with Gasteiger partial charge in [-0.05, 0) is 50.5 Å². The van der Waals surface area contributed by atoms with Crippen LogP contribution >= 0.6 is 0 Å². The first kappa shape index (κ1) is 17.9. The van der Waals surface area contributed by atoms with Gasteiger partial charge in [0.05, 0.1) is 11.0 Å². The van der Waals surface area contributed by atoms with Crippen molar-refractivity contribution in [2.45, 2.75) is 45.1 Å². The summed E-state index contributed by atoms with van der Waals surface area (Å²) in [4.78, 5) is 0.354. The van der Waals surface area contributed by atoms with Gasteiger partial charge in [0.2, 0.25) is 10.0 Å². The van der Waals surface area contributed by atoms with Crippen LogP contribution in [0.15, 0.2) is 17.0 Å². The van der Waals surface area contributed by atoms with E-state index in [1.165, 1.54) is 0 Å². The van der Waals surface area contributed by atoms with Crippen molar-refractivity contribution in [2.75, 3.05) is 25.5 Å². The van der Waals surface area contributed by atoms with Gasteiger partial charge in [-0.15, -0.1) is 0 Å². The Morgan fingerprint density at radius 3 is 2.29 bits per heavy atom. The highest BCUT2D eigenvalue weighted by atomic mass is 32.2. The molecule has 1 unspecified atom stereocenters. The van der Waals surface area contributed by atoms with Crippen LogP contribution in [0.2, 0.25) is 0 Å². The van der Waals surface area contributed by atoms with Gasteiger partial charge in [-0.3, -0.25) is 0 Å². The van der Waals surface area contributed by atoms with Gasteiger partial charge in [0.25, 0.3) is 0 Å². The zero-order valence-corrected chi connectivity index (χ0v) is 14.3. The van der Waals surface area contributed by atoms with Crippen molar-refractivity contribution in [1.82, 2.24) is 4.72 Å². The van der Waals surface area contributed by atoms with E-state index in [-0.39, 0.29) is 12.6 Å². The second-order valence-corrected chi connectivity index (χ2v) is 6.97. The molecule has 2 N–H and O–H groups in total. The van der Waals surface area contributed by atoms with Crippen LogP contribution in [0, 0.1) is 13.8 Å². The number of rotatable bonds is 8. The molecule has 0 saturated heterocycles. The Labute approximate surface area is 128 Å². The fourth-order valence-electron chi connectivity index (χ4n) is 2.13. The molecular formula is C15H26N2O3S. The molecule has 1 aromatic rings. The van der Waals surface area contributed by atoms with Gasteiger partial charge in [0.15, 0.2) is 0 Å². The number of anilines is 1. The highest BCUT2D eigenvalue weighted by Crippen LogP contribution is 2.24. The van der Waals surface area contributed by atoms with E-state index in [4.69, 9.17) is 4.74 Å². The number of hydrogen-bond acceptors (Lipinski definition) is 4. The molecule has 1 rings (SSSR count). The lowest BCUT2D eigenvalue weighted by atomic mass is 10.1. The van der Waals surface area contributed by atoms with Gasteiger partial charge in [0.1, 0.15) is 0 Å². The Kier molecular flexibility index (Phi) is 6.64. The van der Waals surface area contributed by atoms with E-state index in [1.807, 2.05) is 32.9 Å². The Morgan fingerprint density at radius 1 is 1.24 bits per heavy atom. The summed E-state index contributed by atoms with van der Waals surface area (Å²) < 4.78 is 32.5. The van der Waals surface area contributed by atoms with E-state index < -0.39 is 10.0 Å². The zero-order chi connectivity index (χ0) is 16.0. The molecule has 21 heavy (non-hydrogen) atoms. The lowest BCUT2D eigenvalue weighted by Gasteiger charge is -2.16. The summed E-state index contributed by atoms with van der Waals surface area (Å²) in [5.41, 5.74) is 2.44.